The van der Waals surface area contributed by atoms with Gasteiger partial charge >= 0.3 is 5.63 Å². The maximum absolute atomic E-state index is 11.8. The van der Waals surface area contributed by atoms with Crippen LogP contribution in [0.25, 0.3) is 21.9 Å². The molecule has 31 heavy (non-hydrogen) atoms. The molecule has 0 aliphatic heterocycles. The minimum Gasteiger partial charge on any atom is -0.486 e. The average Bonchev–Trinajstić information content (AvgIpc) is 3.25. The van der Waals surface area contributed by atoms with Crippen LogP contribution in [0.15, 0.2) is 72.9 Å². The molecule has 5 nitrogen and oxygen atoms in total. The number of nitrogens with zero attached hydrogens (tertiary/aromatic N) is 1. The van der Waals surface area contributed by atoms with Crippen LogP contribution in [0.5, 0.6) is 5.75 Å². The lowest BCUT2D eigenvalue weighted by atomic mass is 10.1. The van der Waals surface area contributed by atoms with Gasteiger partial charge in [-0.3, -0.25) is 0 Å². The summed E-state index contributed by atoms with van der Waals surface area (Å²) in [5, 5.41) is 1.75. The van der Waals surface area contributed by atoms with Gasteiger partial charge in [-0.25, -0.2) is 4.79 Å². The van der Waals surface area contributed by atoms with Gasteiger partial charge in [-0.15, -0.1) is 0 Å². The van der Waals surface area contributed by atoms with Crippen molar-refractivity contribution in [2.75, 3.05) is 26.2 Å². The summed E-state index contributed by atoms with van der Waals surface area (Å²) in [6, 6.07) is 15.6. The van der Waals surface area contributed by atoms with E-state index in [9.17, 15) is 4.79 Å². The summed E-state index contributed by atoms with van der Waals surface area (Å²) in [7, 11) is 0. The van der Waals surface area contributed by atoms with E-state index in [2.05, 4.69) is 54.0 Å². The van der Waals surface area contributed by atoms with Crippen LogP contribution in [0.3, 0.4) is 0 Å². The third-order valence-corrected chi connectivity index (χ3v) is 6.61. The molecule has 0 radical (unpaired) electrons. The highest BCUT2D eigenvalue weighted by Gasteiger charge is 2.24. The summed E-state index contributed by atoms with van der Waals surface area (Å²) in [6.45, 7) is 9.11. The van der Waals surface area contributed by atoms with Crippen molar-refractivity contribution in [3.63, 3.8) is 0 Å². The maximum atomic E-state index is 11.8. The van der Waals surface area contributed by atoms with Crippen LogP contribution in [0.4, 0.5) is 0 Å². The van der Waals surface area contributed by atoms with Crippen LogP contribution >= 0.6 is 15.9 Å². The molecule has 2 aromatic carbocycles. The van der Waals surface area contributed by atoms with Crippen molar-refractivity contribution in [3.8, 4) is 5.75 Å². The lowest BCUT2D eigenvalue weighted by molar-refractivity contribution is -0.938. The zero-order valence-electron chi connectivity index (χ0n) is 17.9. The highest BCUT2D eigenvalue weighted by molar-refractivity contribution is 9.10. The van der Waals surface area contributed by atoms with E-state index in [0.29, 0.717) is 23.5 Å². The Morgan fingerprint density at radius 3 is 2.45 bits per heavy atom. The molecule has 0 amide bonds. The number of quaternary nitrogens is 1. The Balaban J connectivity index is 1.49. The minimum absolute atomic E-state index is 0.398. The van der Waals surface area contributed by atoms with Gasteiger partial charge in [-0.05, 0) is 44.2 Å². The van der Waals surface area contributed by atoms with Crippen molar-refractivity contribution < 1.29 is 18.1 Å². The lowest BCUT2D eigenvalue weighted by Crippen LogP contribution is -2.48. The van der Waals surface area contributed by atoms with E-state index in [0.717, 1.165) is 52.3 Å². The standard InChI is InChI=1S/C25H27BrNO4/c1-3-27(4-2,17-18-6-9-21(26)10-7-18)13-5-14-29-25-23-20(12-15-30-23)16-19-8-11-22(28)31-24(19)25/h6-12,15-16H,3-5,13-14,17H2,1-2H3/q+1. The van der Waals surface area contributed by atoms with Gasteiger partial charge < -0.3 is 18.1 Å². The van der Waals surface area contributed by atoms with E-state index < -0.39 is 5.63 Å². The van der Waals surface area contributed by atoms with Crippen LogP contribution in [0, 0.1) is 0 Å². The van der Waals surface area contributed by atoms with E-state index in [1.165, 1.54) is 11.6 Å². The van der Waals surface area contributed by atoms with Gasteiger partial charge in [0, 0.05) is 33.3 Å². The number of hydrogen-bond donors (Lipinski definition) is 0. The Morgan fingerprint density at radius 1 is 0.968 bits per heavy atom. The molecule has 6 heteroatoms. The van der Waals surface area contributed by atoms with Crippen molar-refractivity contribution >= 4 is 37.9 Å². The summed E-state index contributed by atoms with van der Waals surface area (Å²) >= 11 is 3.51. The molecule has 2 aromatic heterocycles. The predicted octanol–water partition coefficient (Wildman–Crippen LogP) is 6.13. The van der Waals surface area contributed by atoms with Gasteiger partial charge in [0.25, 0.3) is 0 Å². The first-order chi connectivity index (χ1) is 15.0. The fourth-order valence-electron chi connectivity index (χ4n) is 4.13. The van der Waals surface area contributed by atoms with Gasteiger partial charge in [0.2, 0.25) is 5.75 Å². The quantitative estimate of drug-likeness (QED) is 0.163. The van der Waals surface area contributed by atoms with Crippen molar-refractivity contribution in [2.45, 2.75) is 26.8 Å². The molecule has 0 unspecified atom stereocenters. The molecule has 0 N–H and O–H groups in total. The molecular weight excluding hydrogens is 458 g/mol. The summed E-state index contributed by atoms with van der Waals surface area (Å²) < 4.78 is 19.3. The first kappa shape index (κ1) is 21.7. The van der Waals surface area contributed by atoms with Gasteiger partial charge in [0.05, 0.1) is 32.5 Å². The second-order valence-corrected chi connectivity index (χ2v) is 8.82. The topological polar surface area (TPSA) is 52.6 Å². The summed E-state index contributed by atoms with van der Waals surface area (Å²) in [5.74, 6) is 0.509. The van der Waals surface area contributed by atoms with Crippen molar-refractivity contribution in [1.82, 2.24) is 0 Å². The Hall–Kier alpha value is -2.57. The molecule has 0 saturated heterocycles. The average molecular weight is 485 g/mol. The van der Waals surface area contributed by atoms with Crippen LogP contribution in [0.2, 0.25) is 0 Å². The molecule has 162 valence electrons. The van der Waals surface area contributed by atoms with Gasteiger partial charge in [0.1, 0.15) is 6.54 Å². The molecule has 2 heterocycles. The minimum atomic E-state index is -0.398. The summed E-state index contributed by atoms with van der Waals surface area (Å²) in [6.07, 6.45) is 2.51. The molecule has 0 aliphatic rings. The maximum Gasteiger partial charge on any atom is 0.336 e. The van der Waals surface area contributed by atoms with E-state index in [1.54, 1.807) is 12.3 Å². The van der Waals surface area contributed by atoms with Gasteiger partial charge in [-0.2, -0.15) is 0 Å². The van der Waals surface area contributed by atoms with E-state index in [-0.39, 0.29) is 0 Å². The highest BCUT2D eigenvalue weighted by atomic mass is 79.9. The zero-order chi connectivity index (χ0) is 21.8. The summed E-state index contributed by atoms with van der Waals surface area (Å²) in [4.78, 5) is 11.8. The molecule has 4 aromatic rings. The Kier molecular flexibility index (Phi) is 6.49. The first-order valence-electron chi connectivity index (χ1n) is 10.7. The fourth-order valence-corrected chi connectivity index (χ4v) is 4.40. The normalized spacial score (nSPS) is 12.0. The fraction of sp³-hybridized carbons (Fsp3) is 0.320. The number of hydrogen-bond acceptors (Lipinski definition) is 4. The van der Waals surface area contributed by atoms with E-state index in [1.807, 2.05) is 12.1 Å². The van der Waals surface area contributed by atoms with E-state index >= 15 is 0 Å². The third kappa shape index (κ3) is 4.70. The number of benzene rings is 2. The monoisotopic (exact) mass is 484 g/mol. The number of ether oxygens (including phenoxy) is 1. The number of fused-ring (bicyclic) bond motifs is 2. The Bertz CT molecular complexity index is 1220. The number of halogens is 1. The lowest BCUT2D eigenvalue weighted by Gasteiger charge is -2.37. The molecule has 0 spiro atoms. The molecule has 0 bridgehead atoms. The van der Waals surface area contributed by atoms with Crippen molar-refractivity contribution in [3.05, 3.63) is 75.3 Å². The second kappa shape index (κ2) is 9.28. The number of furan rings is 1. The van der Waals surface area contributed by atoms with Gasteiger partial charge in [0.15, 0.2) is 11.2 Å². The SMILES string of the molecule is CC[N+](CC)(CCCOc1c2occc2cc2ccc(=O)oc12)Cc1ccc(Br)cc1. The smallest absolute Gasteiger partial charge is 0.336 e. The van der Waals surface area contributed by atoms with Gasteiger partial charge in [-0.1, -0.05) is 28.1 Å². The molecule has 4 rings (SSSR count). The number of rotatable bonds is 9. The van der Waals surface area contributed by atoms with Crippen LogP contribution in [-0.2, 0) is 6.54 Å². The van der Waals surface area contributed by atoms with Crippen LogP contribution in [0.1, 0.15) is 25.8 Å². The molecular formula is C25H27BrNO4+. The highest BCUT2D eigenvalue weighted by Crippen LogP contribution is 2.35. The second-order valence-electron chi connectivity index (χ2n) is 7.90. The molecule has 0 aliphatic carbocycles. The predicted molar refractivity (Wildman–Crippen MR) is 126 cm³/mol. The van der Waals surface area contributed by atoms with Crippen molar-refractivity contribution in [2.24, 2.45) is 0 Å². The zero-order valence-corrected chi connectivity index (χ0v) is 19.5. The van der Waals surface area contributed by atoms with Crippen LogP contribution < -0.4 is 10.4 Å². The molecule has 0 atom stereocenters. The molecule has 0 saturated carbocycles. The molecule has 0 fully saturated rings. The van der Waals surface area contributed by atoms with Crippen molar-refractivity contribution in [1.29, 1.82) is 0 Å². The van der Waals surface area contributed by atoms with E-state index in [4.69, 9.17) is 13.6 Å². The Labute approximate surface area is 189 Å². The summed E-state index contributed by atoms with van der Waals surface area (Å²) in [5.41, 5.74) is 1.99. The third-order valence-electron chi connectivity index (χ3n) is 6.08. The van der Waals surface area contributed by atoms with Crippen LogP contribution in [-0.4, -0.2) is 30.7 Å². The first-order valence-corrected chi connectivity index (χ1v) is 11.5. The largest absolute Gasteiger partial charge is 0.486 e. The Morgan fingerprint density at radius 2 is 1.71 bits per heavy atom.